The molecule has 6 nitrogen and oxygen atoms in total. The predicted molar refractivity (Wildman–Crippen MR) is 41.6 cm³/mol. The van der Waals surface area contributed by atoms with Gasteiger partial charge < -0.3 is 0 Å². The number of tetrazole rings is 1. The standard InChI is InChI=1S/C4H4N6S/c1-4(7-11-3-5-1)10-2-6-8-9-10/h1-2H,3H2. The third-order valence-corrected chi connectivity index (χ3v) is 1.66. The highest BCUT2D eigenvalue weighted by Gasteiger charge is 2.03. The van der Waals surface area contributed by atoms with E-state index in [1.165, 1.54) is 23.0 Å². The molecule has 0 N–H and O–H groups in total. The number of aliphatic imine (C=N–C) groups is 1. The Hall–Kier alpha value is -1.24. The molecule has 0 bridgehead atoms. The summed E-state index contributed by atoms with van der Waals surface area (Å²) < 4.78 is 5.54. The molecule has 56 valence electrons. The Morgan fingerprint density at radius 2 is 2.55 bits per heavy atom. The first-order valence-electron chi connectivity index (χ1n) is 2.90. The van der Waals surface area contributed by atoms with Crippen LogP contribution in [0, 0.1) is 0 Å². The fourth-order valence-corrected chi connectivity index (χ4v) is 1.10. The van der Waals surface area contributed by atoms with Crippen LogP contribution in [0.2, 0.25) is 0 Å². The van der Waals surface area contributed by atoms with Crippen molar-refractivity contribution in [2.45, 2.75) is 0 Å². The Morgan fingerprint density at radius 3 is 3.18 bits per heavy atom. The van der Waals surface area contributed by atoms with Crippen molar-refractivity contribution >= 4 is 24.0 Å². The minimum Gasteiger partial charge on any atom is -0.276 e. The molecule has 0 saturated carbocycles. The molecular formula is C4H4N6S. The second kappa shape index (κ2) is 2.79. The molecule has 11 heavy (non-hydrogen) atoms. The molecule has 0 unspecified atom stereocenters. The fourth-order valence-electron chi connectivity index (χ4n) is 0.638. The molecule has 1 aliphatic rings. The number of nitrogens with zero attached hydrogens (tertiary/aromatic N) is 6. The van der Waals surface area contributed by atoms with Gasteiger partial charge in [0.2, 0.25) is 0 Å². The Labute approximate surface area is 66.6 Å². The van der Waals surface area contributed by atoms with E-state index >= 15 is 0 Å². The van der Waals surface area contributed by atoms with Gasteiger partial charge in [-0.2, -0.15) is 9.08 Å². The topological polar surface area (TPSA) is 68.3 Å². The lowest BCUT2D eigenvalue weighted by atomic mass is 10.6. The maximum absolute atomic E-state index is 4.08. The summed E-state index contributed by atoms with van der Waals surface area (Å²) >= 11 is 1.37. The largest absolute Gasteiger partial charge is 0.276 e. The van der Waals surface area contributed by atoms with Gasteiger partial charge in [-0.25, -0.2) is 0 Å². The number of rotatable bonds is 0. The molecule has 0 spiro atoms. The lowest BCUT2D eigenvalue weighted by molar-refractivity contribution is 0.825. The quantitative estimate of drug-likeness (QED) is 0.495. The van der Waals surface area contributed by atoms with Gasteiger partial charge in [0.15, 0.2) is 5.84 Å². The van der Waals surface area contributed by atoms with Crippen LogP contribution in [0.5, 0.6) is 0 Å². The molecule has 7 heteroatoms. The van der Waals surface area contributed by atoms with Gasteiger partial charge >= 0.3 is 0 Å². The molecule has 1 aromatic heterocycles. The third-order valence-electron chi connectivity index (χ3n) is 1.08. The van der Waals surface area contributed by atoms with E-state index in [1.54, 1.807) is 6.21 Å². The summed E-state index contributed by atoms with van der Waals surface area (Å²) in [6.07, 6.45) is 3.13. The number of hydrogen-bond donors (Lipinski definition) is 0. The van der Waals surface area contributed by atoms with E-state index in [-0.39, 0.29) is 0 Å². The van der Waals surface area contributed by atoms with E-state index in [4.69, 9.17) is 0 Å². The number of aromatic nitrogens is 4. The lowest BCUT2D eigenvalue weighted by Gasteiger charge is -2.00. The summed E-state index contributed by atoms with van der Waals surface area (Å²) in [4.78, 5) is 4.01. The van der Waals surface area contributed by atoms with Crippen molar-refractivity contribution in [2.75, 3.05) is 5.88 Å². The molecule has 0 amide bonds. The minimum absolute atomic E-state index is 0.659. The van der Waals surface area contributed by atoms with E-state index in [9.17, 15) is 0 Å². The first kappa shape index (κ1) is 6.47. The van der Waals surface area contributed by atoms with Crippen LogP contribution in [0.3, 0.4) is 0 Å². The zero-order chi connectivity index (χ0) is 7.52. The summed E-state index contributed by atoms with van der Waals surface area (Å²) in [7, 11) is 0. The SMILES string of the molecule is C1=NCSN=C1n1cnnn1. The summed E-state index contributed by atoms with van der Waals surface area (Å²) in [6.45, 7) is 0. The molecule has 0 fully saturated rings. The van der Waals surface area contributed by atoms with Crippen molar-refractivity contribution in [1.29, 1.82) is 0 Å². The first-order valence-corrected chi connectivity index (χ1v) is 3.84. The van der Waals surface area contributed by atoms with Gasteiger partial charge in [0.1, 0.15) is 12.2 Å². The Kier molecular flexibility index (Phi) is 1.64. The molecule has 0 saturated heterocycles. The third kappa shape index (κ3) is 1.27. The van der Waals surface area contributed by atoms with Crippen molar-refractivity contribution in [2.24, 2.45) is 9.39 Å². The maximum atomic E-state index is 4.08. The molecule has 0 aromatic carbocycles. The smallest absolute Gasteiger partial charge is 0.182 e. The van der Waals surface area contributed by atoms with Gasteiger partial charge in [-0.15, -0.1) is 5.10 Å². The highest BCUT2D eigenvalue weighted by Crippen LogP contribution is 2.06. The van der Waals surface area contributed by atoms with Gasteiger partial charge in [0.05, 0.1) is 6.21 Å². The van der Waals surface area contributed by atoms with Crippen molar-refractivity contribution < 1.29 is 0 Å². The van der Waals surface area contributed by atoms with Crippen LogP contribution < -0.4 is 0 Å². The van der Waals surface area contributed by atoms with Crippen LogP contribution in [0.4, 0.5) is 0 Å². The van der Waals surface area contributed by atoms with Gasteiger partial charge in [0.25, 0.3) is 0 Å². The molecule has 2 heterocycles. The molecule has 2 rings (SSSR count). The van der Waals surface area contributed by atoms with Crippen molar-refractivity contribution in [3.05, 3.63) is 6.33 Å². The van der Waals surface area contributed by atoms with Gasteiger partial charge in [-0.1, -0.05) is 0 Å². The Bertz CT molecular complexity index is 288. The van der Waals surface area contributed by atoms with Gasteiger partial charge in [0, 0.05) is 11.9 Å². The predicted octanol–water partition coefficient (Wildman–Crippen LogP) is -0.390. The Balaban J connectivity index is 2.29. The monoisotopic (exact) mass is 168 g/mol. The summed E-state index contributed by atoms with van der Waals surface area (Å²) in [5.74, 6) is 1.33. The van der Waals surface area contributed by atoms with Gasteiger partial charge in [-0.05, 0) is 10.4 Å². The normalized spacial score (nSPS) is 16.5. The van der Waals surface area contributed by atoms with Crippen molar-refractivity contribution in [1.82, 2.24) is 20.2 Å². The van der Waals surface area contributed by atoms with Crippen LogP contribution >= 0.6 is 11.9 Å². The maximum Gasteiger partial charge on any atom is 0.182 e. The highest BCUT2D eigenvalue weighted by molar-refractivity contribution is 7.98. The van der Waals surface area contributed by atoms with E-state index in [2.05, 4.69) is 24.9 Å². The van der Waals surface area contributed by atoms with Crippen LogP contribution in [-0.2, 0) is 0 Å². The lowest BCUT2D eigenvalue weighted by Crippen LogP contribution is -2.15. The molecular weight excluding hydrogens is 164 g/mol. The second-order valence-electron chi connectivity index (χ2n) is 1.77. The minimum atomic E-state index is 0.659. The molecule has 0 aliphatic carbocycles. The van der Waals surface area contributed by atoms with Crippen LogP contribution in [0.25, 0.3) is 0 Å². The van der Waals surface area contributed by atoms with Crippen molar-refractivity contribution in [3.63, 3.8) is 0 Å². The second-order valence-corrected chi connectivity index (χ2v) is 2.47. The van der Waals surface area contributed by atoms with Crippen LogP contribution in [0.15, 0.2) is 15.7 Å². The first-order chi connectivity index (χ1) is 5.47. The zero-order valence-corrected chi connectivity index (χ0v) is 6.27. The molecule has 0 radical (unpaired) electrons. The van der Waals surface area contributed by atoms with E-state index < -0.39 is 0 Å². The zero-order valence-electron chi connectivity index (χ0n) is 5.45. The molecule has 1 aromatic rings. The number of hydrogen-bond acceptors (Lipinski definition) is 6. The average Bonchev–Trinajstić information content (AvgIpc) is 2.58. The summed E-state index contributed by atoms with van der Waals surface area (Å²) in [5.41, 5.74) is 0. The van der Waals surface area contributed by atoms with E-state index in [0.717, 1.165) is 0 Å². The summed E-state index contributed by atoms with van der Waals surface area (Å²) in [5, 5.41) is 10.6. The molecule has 1 aliphatic heterocycles. The fraction of sp³-hybridized carbons (Fsp3) is 0.250. The van der Waals surface area contributed by atoms with Gasteiger partial charge in [-0.3, -0.25) is 4.99 Å². The average molecular weight is 168 g/mol. The Morgan fingerprint density at radius 1 is 1.55 bits per heavy atom. The molecule has 0 atom stereocenters. The highest BCUT2D eigenvalue weighted by atomic mass is 32.2. The van der Waals surface area contributed by atoms with E-state index in [0.29, 0.717) is 11.7 Å². The summed E-state index contributed by atoms with van der Waals surface area (Å²) in [6, 6.07) is 0. The van der Waals surface area contributed by atoms with Crippen molar-refractivity contribution in [3.8, 4) is 0 Å². The van der Waals surface area contributed by atoms with Crippen LogP contribution in [-0.4, -0.2) is 38.1 Å². The van der Waals surface area contributed by atoms with Crippen LogP contribution in [0.1, 0.15) is 0 Å². The van der Waals surface area contributed by atoms with E-state index in [1.807, 2.05) is 0 Å².